The van der Waals surface area contributed by atoms with Crippen LogP contribution in [-0.4, -0.2) is 26.8 Å². The van der Waals surface area contributed by atoms with Crippen molar-refractivity contribution >= 4 is 18.1 Å². The summed E-state index contributed by atoms with van der Waals surface area (Å²) in [5.74, 6) is 0. The van der Waals surface area contributed by atoms with E-state index < -0.39 is 18.1 Å². The Balaban J connectivity index is 1.67. The van der Waals surface area contributed by atoms with Gasteiger partial charge in [-0.2, -0.15) is 4.31 Å². The molecule has 1 aliphatic heterocycles. The third kappa shape index (κ3) is 5.06. The van der Waals surface area contributed by atoms with Crippen LogP contribution in [0.2, 0.25) is 19.1 Å². The van der Waals surface area contributed by atoms with E-state index in [-0.39, 0.29) is 12.1 Å². The van der Waals surface area contributed by atoms with Crippen LogP contribution in [0.4, 0.5) is 0 Å². The lowest BCUT2D eigenvalue weighted by Crippen LogP contribution is -2.43. The molecular formula is C27H33NO2SSi. The molecule has 1 heterocycles. The zero-order valence-corrected chi connectivity index (χ0v) is 21.1. The molecule has 0 spiro atoms. The molecule has 1 aliphatic rings. The number of benzene rings is 3. The average molecular weight is 464 g/mol. The van der Waals surface area contributed by atoms with Crippen LogP contribution in [0.15, 0.2) is 89.8 Å². The second-order valence-electron chi connectivity index (χ2n) is 9.84. The van der Waals surface area contributed by atoms with E-state index in [1.807, 2.05) is 41.6 Å². The van der Waals surface area contributed by atoms with Crippen molar-refractivity contribution in [3.05, 3.63) is 102 Å². The van der Waals surface area contributed by atoms with Crippen LogP contribution in [0.3, 0.4) is 0 Å². The standard InChI is InChI=1S/C27H33NO2SSi/c1-22-14-17-26(18-15-22)31(29,30)28-25(16-19-27(28)24-12-8-5-9-13-24)21-32(2,3)20-23-10-6-4-7-11-23/h4-15,17-18,25,27H,16,19-21H2,1-3H3/t25-,27-/m0/s1. The maximum Gasteiger partial charge on any atom is 0.243 e. The van der Waals surface area contributed by atoms with Crippen molar-refractivity contribution in [2.75, 3.05) is 0 Å². The molecular weight excluding hydrogens is 430 g/mol. The monoisotopic (exact) mass is 463 g/mol. The Bertz CT molecular complexity index is 1130. The predicted octanol–water partition coefficient (Wildman–Crippen LogP) is 6.38. The SMILES string of the molecule is Cc1ccc(S(=O)(=O)N2[C@H](C[Si](C)(C)Cc3ccccc3)CC[C@H]2c2ccccc2)cc1. The predicted molar refractivity (Wildman–Crippen MR) is 135 cm³/mol. The second kappa shape index (κ2) is 9.34. The van der Waals surface area contributed by atoms with Gasteiger partial charge in [-0.1, -0.05) is 97.0 Å². The van der Waals surface area contributed by atoms with Crippen molar-refractivity contribution in [1.82, 2.24) is 4.31 Å². The Hall–Kier alpha value is -2.21. The van der Waals surface area contributed by atoms with Crippen molar-refractivity contribution in [3.8, 4) is 0 Å². The first-order valence-electron chi connectivity index (χ1n) is 11.5. The Morgan fingerprint density at radius 2 is 1.44 bits per heavy atom. The smallest absolute Gasteiger partial charge is 0.207 e. The van der Waals surface area contributed by atoms with Crippen LogP contribution in [0.5, 0.6) is 0 Å². The Morgan fingerprint density at radius 3 is 2.06 bits per heavy atom. The fourth-order valence-electron chi connectivity index (χ4n) is 5.09. The minimum absolute atomic E-state index is 0.0388. The second-order valence-corrected chi connectivity index (χ2v) is 16.8. The van der Waals surface area contributed by atoms with Crippen LogP contribution >= 0.6 is 0 Å². The van der Waals surface area contributed by atoms with Crippen molar-refractivity contribution in [3.63, 3.8) is 0 Å². The Labute approximate surface area is 194 Å². The molecule has 0 aliphatic carbocycles. The molecule has 0 amide bonds. The molecule has 1 fully saturated rings. The lowest BCUT2D eigenvalue weighted by molar-refractivity contribution is 0.338. The summed E-state index contributed by atoms with van der Waals surface area (Å²) < 4.78 is 29.7. The minimum atomic E-state index is -3.59. The zero-order chi connectivity index (χ0) is 22.8. The van der Waals surface area contributed by atoms with Crippen molar-refractivity contribution < 1.29 is 8.42 Å². The first kappa shape index (κ1) is 23.0. The van der Waals surface area contributed by atoms with Gasteiger partial charge in [0.25, 0.3) is 0 Å². The van der Waals surface area contributed by atoms with Crippen LogP contribution in [0.1, 0.15) is 35.6 Å². The number of hydrogen-bond donors (Lipinski definition) is 0. The molecule has 3 nitrogen and oxygen atoms in total. The number of nitrogens with zero attached hydrogens (tertiary/aromatic N) is 1. The summed E-state index contributed by atoms with van der Waals surface area (Å²) in [5.41, 5.74) is 3.51. The van der Waals surface area contributed by atoms with Gasteiger partial charge in [-0.05, 0) is 49.5 Å². The molecule has 168 valence electrons. The molecule has 3 aromatic carbocycles. The third-order valence-electron chi connectivity index (χ3n) is 6.53. The van der Waals surface area contributed by atoms with Crippen molar-refractivity contribution in [2.45, 2.75) is 61.9 Å². The molecule has 1 saturated heterocycles. The molecule has 0 saturated carbocycles. The molecule has 0 N–H and O–H groups in total. The number of aryl methyl sites for hydroxylation is 1. The van der Waals surface area contributed by atoms with E-state index in [4.69, 9.17) is 0 Å². The minimum Gasteiger partial charge on any atom is -0.207 e. The molecule has 0 aromatic heterocycles. The molecule has 4 rings (SSSR count). The lowest BCUT2D eigenvalue weighted by Gasteiger charge is -2.34. The summed E-state index contributed by atoms with van der Waals surface area (Å²) in [4.78, 5) is 0.401. The van der Waals surface area contributed by atoms with Gasteiger partial charge in [0.2, 0.25) is 10.0 Å². The van der Waals surface area contributed by atoms with Crippen molar-refractivity contribution in [1.29, 1.82) is 0 Å². The fraction of sp³-hybridized carbons (Fsp3) is 0.333. The Morgan fingerprint density at radius 1 is 0.844 bits per heavy atom. The van der Waals surface area contributed by atoms with E-state index in [1.165, 1.54) is 5.56 Å². The third-order valence-corrected chi connectivity index (χ3v) is 11.5. The quantitative estimate of drug-likeness (QED) is 0.381. The summed E-state index contributed by atoms with van der Waals surface area (Å²) in [6.07, 6.45) is 1.78. The van der Waals surface area contributed by atoms with E-state index in [0.29, 0.717) is 4.90 Å². The largest absolute Gasteiger partial charge is 0.243 e. The van der Waals surface area contributed by atoms with Gasteiger partial charge >= 0.3 is 0 Å². The zero-order valence-electron chi connectivity index (χ0n) is 19.2. The average Bonchev–Trinajstić information content (AvgIpc) is 3.18. The van der Waals surface area contributed by atoms with Gasteiger partial charge in [-0.3, -0.25) is 0 Å². The Kier molecular flexibility index (Phi) is 6.70. The van der Waals surface area contributed by atoms with Crippen LogP contribution < -0.4 is 0 Å². The van der Waals surface area contributed by atoms with E-state index in [2.05, 4.69) is 55.6 Å². The van der Waals surface area contributed by atoms with Gasteiger partial charge in [-0.15, -0.1) is 0 Å². The highest BCUT2D eigenvalue weighted by atomic mass is 32.2. The van der Waals surface area contributed by atoms with E-state index in [0.717, 1.165) is 36.1 Å². The van der Waals surface area contributed by atoms with Crippen LogP contribution in [0, 0.1) is 6.92 Å². The van der Waals surface area contributed by atoms with Gasteiger partial charge in [0.1, 0.15) is 0 Å². The molecule has 32 heavy (non-hydrogen) atoms. The maximum atomic E-state index is 13.9. The highest BCUT2D eigenvalue weighted by molar-refractivity contribution is 7.89. The summed E-state index contributed by atoms with van der Waals surface area (Å²) in [7, 11) is -5.27. The van der Waals surface area contributed by atoms with Gasteiger partial charge in [0.05, 0.1) is 19.0 Å². The summed E-state index contributed by atoms with van der Waals surface area (Å²) in [6, 6.07) is 30.0. The summed E-state index contributed by atoms with van der Waals surface area (Å²) in [6.45, 7) is 6.78. The van der Waals surface area contributed by atoms with Gasteiger partial charge in [0.15, 0.2) is 0 Å². The maximum absolute atomic E-state index is 13.9. The van der Waals surface area contributed by atoms with E-state index in [9.17, 15) is 8.42 Å². The first-order chi connectivity index (χ1) is 15.3. The van der Waals surface area contributed by atoms with Crippen molar-refractivity contribution in [2.24, 2.45) is 0 Å². The number of rotatable bonds is 7. The number of hydrogen-bond acceptors (Lipinski definition) is 2. The van der Waals surface area contributed by atoms with Gasteiger partial charge < -0.3 is 0 Å². The lowest BCUT2D eigenvalue weighted by atomic mass is 10.1. The van der Waals surface area contributed by atoms with E-state index >= 15 is 0 Å². The topological polar surface area (TPSA) is 37.4 Å². The molecule has 5 heteroatoms. The van der Waals surface area contributed by atoms with E-state index in [1.54, 1.807) is 12.1 Å². The molecule has 2 atom stereocenters. The highest BCUT2D eigenvalue weighted by Gasteiger charge is 2.44. The normalized spacial score (nSPS) is 19.8. The van der Waals surface area contributed by atoms with Crippen LogP contribution in [-0.2, 0) is 16.1 Å². The first-order valence-corrected chi connectivity index (χ1v) is 16.3. The fourth-order valence-corrected chi connectivity index (χ4v) is 10.2. The van der Waals surface area contributed by atoms with Gasteiger partial charge in [0, 0.05) is 6.04 Å². The number of sulfonamides is 1. The molecule has 3 aromatic rings. The molecule has 0 radical (unpaired) electrons. The van der Waals surface area contributed by atoms with Gasteiger partial charge in [-0.25, -0.2) is 8.42 Å². The summed E-state index contributed by atoms with van der Waals surface area (Å²) in [5, 5.41) is 0. The molecule has 0 bridgehead atoms. The highest BCUT2D eigenvalue weighted by Crippen LogP contribution is 2.43. The summed E-state index contributed by atoms with van der Waals surface area (Å²) >= 11 is 0. The molecule has 0 unspecified atom stereocenters. The van der Waals surface area contributed by atoms with Crippen LogP contribution in [0.25, 0.3) is 0 Å².